The zero-order valence-electron chi connectivity index (χ0n) is 16.5. The molecular formula is C20H30N6O. The monoisotopic (exact) mass is 370 g/mol. The molecule has 2 aromatic rings. The molecule has 0 radical (unpaired) electrons. The number of likely N-dealkylation sites (tertiary alicyclic amines) is 1. The number of rotatable bonds is 6. The smallest absolute Gasteiger partial charge is 0.317 e. The van der Waals surface area contributed by atoms with Crippen LogP contribution in [0.25, 0.3) is 0 Å². The van der Waals surface area contributed by atoms with Crippen LogP contribution < -0.4 is 5.32 Å². The van der Waals surface area contributed by atoms with E-state index < -0.39 is 0 Å². The molecule has 7 heteroatoms. The van der Waals surface area contributed by atoms with Gasteiger partial charge in [0.05, 0.1) is 5.69 Å². The van der Waals surface area contributed by atoms with E-state index in [2.05, 4.69) is 37.5 Å². The van der Waals surface area contributed by atoms with E-state index in [0.717, 1.165) is 50.3 Å². The molecule has 3 heterocycles. The molecule has 0 bridgehead atoms. The van der Waals surface area contributed by atoms with Gasteiger partial charge in [-0.05, 0) is 56.4 Å². The summed E-state index contributed by atoms with van der Waals surface area (Å²) in [6, 6.07) is 4.39. The van der Waals surface area contributed by atoms with Gasteiger partial charge < -0.3 is 10.2 Å². The number of H-pyrrole nitrogens is 1. The maximum atomic E-state index is 12.5. The van der Waals surface area contributed by atoms with Crippen molar-refractivity contribution in [3.8, 4) is 0 Å². The Labute approximate surface area is 161 Å². The standard InChI is InChI=1S/C20H30N6O/c1-15-19(16(2)24-23-15)8-11-25(3)20(27)22-18-6-12-26(13-7-18)14-17-4-9-21-10-5-17/h4-5,9-10,18H,6-8,11-14H2,1-3H3,(H,22,27)(H,23,24). The van der Waals surface area contributed by atoms with Crippen LogP contribution in [0.5, 0.6) is 0 Å². The number of piperidine rings is 1. The number of nitrogens with one attached hydrogen (secondary N) is 2. The number of hydrogen-bond donors (Lipinski definition) is 2. The lowest BCUT2D eigenvalue weighted by atomic mass is 10.0. The van der Waals surface area contributed by atoms with E-state index >= 15 is 0 Å². The summed E-state index contributed by atoms with van der Waals surface area (Å²) in [5, 5.41) is 10.4. The Morgan fingerprint density at radius 1 is 1.30 bits per heavy atom. The summed E-state index contributed by atoms with van der Waals surface area (Å²) < 4.78 is 0. The molecule has 0 atom stereocenters. The van der Waals surface area contributed by atoms with E-state index in [4.69, 9.17) is 0 Å². The summed E-state index contributed by atoms with van der Waals surface area (Å²) in [6.45, 7) is 7.67. The topological polar surface area (TPSA) is 77.2 Å². The third-order valence-corrected chi connectivity index (χ3v) is 5.40. The Morgan fingerprint density at radius 3 is 2.63 bits per heavy atom. The second-order valence-corrected chi connectivity index (χ2v) is 7.44. The van der Waals surface area contributed by atoms with Crippen LogP contribution >= 0.6 is 0 Å². The molecule has 2 aromatic heterocycles. The number of pyridine rings is 1. The molecule has 0 aromatic carbocycles. The molecule has 1 aliphatic rings. The number of carbonyl (C=O) groups is 1. The first-order chi connectivity index (χ1) is 13.0. The number of aromatic nitrogens is 3. The lowest BCUT2D eigenvalue weighted by Crippen LogP contribution is -2.48. The molecule has 3 rings (SSSR count). The maximum absolute atomic E-state index is 12.5. The Balaban J connectivity index is 1.39. The van der Waals surface area contributed by atoms with Crippen LogP contribution in [0.3, 0.4) is 0 Å². The van der Waals surface area contributed by atoms with Crippen LogP contribution in [0.2, 0.25) is 0 Å². The molecule has 0 aliphatic carbocycles. The van der Waals surface area contributed by atoms with E-state index in [-0.39, 0.29) is 12.1 Å². The zero-order chi connectivity index (χ0) is 19.2. The van der Waals surface area contributed by atoms with E-state index in [9.17, 15) is 4.79 Å². The first-order valence-corrected chi connectivity index (χ1v) is 9.66. The van der Waals surface area contributed by atoms with Crippen LogP contribution in [0.4, 0.5) is 4.79 Å². The number of aryl methyl sites for hydroxylation is 2. The maximum Gasteiger partial charge on any atom is 0.317 e. The van der Waals surface area contributed by atoms with Crippen molar-refractivity contribution >= 4 is 6.03 Å². The number of carbonyl (C=O) groups excluding carboxylic acids is 1. The molecular weight excluding hydrogens is 340 g/mol. The van der Waals surface area contributed by atoms with Crippen molar-refractivity contribution in [2.45, 2.75) is 45.7 Å². The largest absolute Gasteiger partial charge is 0.335 e. The predicted molar refractivity (Wildman–Crippen MR) is 105 cm³/mol. The highest BCUT2D eigenvalue weighted by Crippen LogP contribution is 2.14. The third-order valence-electron chi connectivity index (χ3n) is 5.40. The van der Waals surface area contributed by atoms with Gasteiger partial charge in [0.25, 0.3) is 0 Å². The summed E-state index contributed by atoms with van der Waals surface area (Å²) in [6.07, 6.45) is 6.48. The van der Waals surface area contributed by atoms with Gasteiger partial charge in [0, 0.05) is 57.4 Å². The number of aromatic amines is 1. The first kappa shape index (κ1) is 19.4. The number of nitrogens with zero attached hydrogens (tertiary/aromatic N) is 4. The highest BCUT2D eigenvalue weighted by atomic mass is 16.2. The number of hydrogen-bond acceptors (Lipinski definition) is 4. The van der Waals surface area contributed by atoms with Crippen molar-refractivity contribution < 1.29 is 4.79 Å². The van der Waals surface area contributed by atoms with Gasteiger partial charge in [0.15, 0.2) is 0 Å². The first-order valence-electron chi connectivity index (χ1n) is 9.66. The summed E-state index contributed by atoms with van der Waals surface area (Å²) in [5.41, 5.74) is 4.60. The quantitative estimate of drug-likeness (QED) is 0.818. The molecule has 0 unspecified atom stereocenters. The zero-order valence-corrected chi connectivity index (χ0v) is 16.5. The lowest BCUT2D eigenvalue weighted by Gasteiger charge is -2.33. The molecule has 2 amide bonds. The molecule has 2 N–H and O–H groups in total. The highest BCUT2D eigenvalue weighted by molar-refractivity contribution is 5.74. The van der Waals surface area contributed by atoms with Gasteiger partial charge >= 0.3 is 6.03 Å². The van der Waals surface area contributed by atoms with Crippen molar-refractivity contribution in [3.05, 3.63) is 47.0 Å². The minimum Gasteiger partial charge on any atom is -0.335 e. The van der Waals surface area contributed by atoms with Crippen LogP contribution in [-0.4, -0.2) is 63.7 Å². The van der Waals surface area contributed by atoms with Crippen molar-refractivity contribution in [1.29, 1.82) is 0 Å². The SMILES string of the molecule is Cc1n[nH]c(C)c1CCN(C)C(=O)NC1CCN(Cc2ccncc2)CC1. The van der Waals surface area contributed by atoms with Crippen molar-refractivity contribution in [2.24, 2.45) is 0 Å². The minimum absolute atomic E-state index is 0.0152. The number of urea groups is 1. The highest BCUT2D eigenvalue weighted by Gasteiger charge is 2.22. The second-order valence-electron chi connectivity index (χ2n) is 7.44. The molecule has 0 saturated carbocycles. The molecule has 1 aliphatic heterocycles. The van der Waals surface area contributed by atoms with Gasteiger partial charge in [0.2, 0.25) is 0 Å². The normalized spacial score (nSPS) is 15.7. The van der Waals surface area contributed by atoms with E-state index in [1.807, 2.05) is 33.3 Å². The molecule has 0 spiro atoms. The predicted octanol–water partition coefficient (Wildman–Crippen LogP) is 2.27. The Hall–Kier alpha value is -2.41. The van der Waals surface area contributed by atoms with Crippen LogP contribution in [-0.2, 0) is 13.0 Å². The summed E-state index contributed by atoms with van der Waals surface area (Å²) in [4.78, 5) is 20.8. The van der Waals surface area contributed by atoms with Gasteiger partial charge in [-0.15, -0.1) is 0 Å². The molecule has 1 saturated heterocycles. The van der Waals surface area contributed by atoms with Crippen molar-refractivity contribution in [1.82, 2.24) is 30.3 Å². The molecule has 27 heavy (non-hydrogen) atoms. The number of amides is 2. The third kappa shape index (κ3) is 5.29. The van der Waals surface area contributed by atoms with Gasteiger partial charge in [-0.25, -0.2) is 4.79 Å². The van der Waals surface area contributed by atoms with Crippen LogP contribution in [0.15, 0.2) is 24.5 Å². The van der Waals surface area contributed by atoms with Crippen LogP contribution in [0, 0.1) is 13.8 Å². The minimum atomic E-state index is 0.0152. The average molecular weight is 371 g/mol. The summed E-state index contributed by atoms with van der Waals surface area (Å²) in [5.74, 6) is 0. The fourth-order valence-electron chi connectivity index (χ4n) is 3.59. The Kier molecular flexibility index (Phi) is 6.45. The molecule has 7 nitrogen and oxygen atoms in total. The molecule has 1 fully saturated rings. The van der Waals surface area contributed by atoms with E-state index in [1.54, 1.807) is 4.90 Å². The lowest BCUT2D eigenvalue weighted by molar-refractivity contribution is 0.174. The fourth-order valence-corrected chi connectivity index (χ4v) is 3.59. The van der Waals surface area contributed by atoms with Gasteiger partial charge in [-0.1, -0.05) is 0 Å². The average Bonchev–Trinajstić information content (AvgIpc) is 3.00. The van der Waals surface area contributed by atoms with E-state index in [0.29, 0.717) is 6.54 Å². The van der Waals surface area contributed by atoms with Gasteiger partial charge in [-0.2, -0.15) is 5.10 Å². The second kappa shape index (κ2) is 8.99. The van der Waals surface area contributed by atoms with Crippen molar-refractivity contribution in [3.63, 3.8) is 0 Å². The fraction of sp³-hybridized carbons (Fsp3) is 0.550. The molecule has 146 valence electrons. The summed E-state index contributed by atoms with van der Waals surface area (Å²) in [7, 11) is 1.86. The van der Waals surface area contributed by atoms with Crippen LogP contribution in [0.1, 0.15) is 35.4 Å². The van der Waals surface area contributed by atoms with Gasteiger partial charge in [-0.3, -0.25) is 15.0 Å². The van der Waals surface area contributed by atoms with Gasteiger partial charge in [0.1, 0.15) is 0 Å². The Bertz CT molecular complexity index is 717. The van der Waals surface area contributed by atoms with Crippen molar-refractivity contribution in [2.75, 3.05) is 26.7 Å². The Morgan fingerprint density at radius 2 is 2.00 bits per heavy atom. The summed E-state index contributed by atoms with van der Waals surface area (Å²) >= 11 is 0. The van der Waals surface area contributed by atoms with E-state index in [1.165, 1.54) is 11.1 Å². The number of likely N-dealkylation sites (N-methyl/N-ethyl adjacent to an activating group) is 1.